The first kappa shape index (κ1) is 22.2. The van der Waals surface area contributed by atoms with E-state index in [1.165, 1.54) is 0 Å². The second-order valence-electron chi connectivity index (χ2n) is 9.14. The van der Waals surface area contributed by atoms with Crippen LogP contribution in [0.1, 0.15) is 45.1 Å². The molecule has 2 aliphatic rings. The molecule has 2 aromatic carbocycles. The minimum absolute atomic E-state index is 0.0591. The molecular formula is C26H27ClN2O3. The number of halogens is 1. The Morgan fingerprint density at radius 1 is 1.16 bits per heavy atom. The molecule has 1 amide bonds. The van der Waals surface area contributed by atoms with Crippen molar-refractivity contribution in [2.24, 2.45) is 5.41 Å². The summed E-state index contributed by atoms with van der Waals surface area (Å²) >= 11 is 6.30. The lowest BCUT2D eigenvalue weighted by Gasteiger charge is -2.39. The van der Waals surface area contributed by atoms with Gasteiger partial charge in [0.2, 0.25) is 0 Å². The Kier molecular flexibility index (Phi) is 5.87. The molecule has 6 heteroatoms. The van der Waals surface area contributed by atoms with Crippen LogP contribution in [0, 0.1) is 5.41 Å². The summed E-state index contributed by atoms with van der Waals surface area (Å²) in [7, 11) is 1.56. The van der Waals surface area contributed by atoms with Crippen LogP contribution >= 0.6 is 11.6 Å². The van der Waals surface area contributed by atoms with Gasteiger partial charge in [-0.05, 0) is 48.6 Å². The van der Waals surface area contributed by atoms with E-state index in [0.717, 1.165) is 23.4 Å². The highest BCUT2D eigenvalue weighted by molar-refractivity contribution is 6.30. The van der Waals surface area contributed by atoms with E-state index < -0.39 is 5.92 Å². The van der Waals surface area contributed by atoms with Crippen molar-refractivity contribution in [3.05, 3.63) is 81.7 Å². The van der Waals surface area contributed by atoms with Gasteiger partial charge in [-0.2, -0.15) is 0 Å². The van der Waals surface area contributed by atoms with Crippen LogP contribution in [0.15, 0.2) is 71.1 Å². The van der Waals surface area contributed by atoms with Gasteiger partial charge in [0, 0.05) is 39.9 Å². The van der Waals surface area contributed by atoms with E-state index in [1.54, 1.807) is 25.3 Å². The summed E-state index contributed by atoms with van der Waals surface area (Å²) in [6, 6.07) is 14.6. The van der Waals surface area contributed by atoms with E-state index in [-0.39, 0.29) is 17.1 Å². The van der Waals surface area contributed by atoms with Crippen molar-refractivity contribution in [1.29, 1.82) is 0 Å². The maximum atomic E-state index is 13.6. The van der Waals surface area contributed by atoms with Crippen LogP contribution < -0.4 is 15.4 Å². The van der Waals surface area contributed by atoms with E-state index in [4.69, 9.17) is 16.3 Å². The van der Waals surface area contributed by atoms with Crippen molar-refractivity contribution in [2.45, 2.75) is 39.5 Å². The molecule has 2 N–H and O–H groups in total. The van der Waals surface area contributed by atoms with E-state index in [1.807, 2.05) is 37.3 Å². The number of ether oxygens (including phenoxy) is 1. The smallest absolute Gasteiger partial charge is 0.254 e. The molecule has 4 rings (SSSR count). The molecule has 0 fully saturated rings. The molecule has 1 aliphatic heterocycles. The van der Waals surface area contributed by atoms with Gasteiger partial charge in [0.25, 0.3) is 5.91 Å². The Labute approximate surface area is 193 Å². The van der Waals surface area contributed by atoms with Crippen molar-refractivity contribution in [3.63, 3.8) is 0 Å². The molecule has 5 nitrogen and oxygen atoms in total. The predicted molar refractivity (Wildman–Crippen MR) is 127 cm³/mol. The fourth-order valence-electron chi connectivity index (χ4n) is 4.69. The molecule has 1 atom stereocenters. The lowest BCUT2D eigenvalue weighted by molar-refractivity contribution is -0.118. The number of nitrogens with one attached hydrogen (secondary N) is 2. The van der Waals surface area contributed by atoms with Gasteiger partial charge in [-0.3, -0.25) is 9.59 Å². The van der Waals surface area contributed by atoms with Crippen LogP contribution in [0.2, 0.25) is 5.02 Å². The summed E-state index contributed by atoms with van der Waals surface area (Å²) in [6.45, 7) is 6.06. The molecule has 0 spiro atoms. The summed E-state index contributed by atoms with van der Waals surface area (Å²) in [4.78, 5) is 26.9. The Morgan fingerprint density at radius 3 is 2.62 bits per heavy atom. The molecule has 0 radical (unpaired) electrons. The van der Waals surface area contributed by atoms with Crippen LogP contribution in [0.5, 0.6) is 5.75 Å². The molecule has 1 heterocycles. The minimum Gasteiger partial charge on any atom is -0.495 e. The second-order valence-corrected chi connectivity index (χ2v) is 9.58. The highest BCUT2D eigenvalue weighted by atomic mass is 35.5. The van der Waals surface area contributed by atoms with Gasteiger partial charge in [-0.25, -0.2) is 0 Å². The zero-order chi connectivity index (χ0) is 23.0. The number of Topliss-reactive ketones (excluding diaryl/α,β-unsaturated/α-hetero) is 1. The average Bonchev–Trinajstić information content (AvgIpc) is 2.72. The van der Waals surface area contributed by atoms with Gasteiger partial charge in [-0.1, -0.05) is 49.7 Å². The molecule has 0 saturated carbocycles. The van der Waals surface area contributed by atoms with E-state index >= 15 is 0 Å². The monoisotopic (exact) mass is 450 g/mol. The van der Waals surface area contributed by atoms with Crippen molar-refractivity contribution >= 4 is 29.0 Å². The zero-order valence-corrected chi connectivity index (χ0v) is 19.5. The maximum Gasteiger partial charge on any atom is 0.254 e. The van der Waals surface area contributed by atoms with Crippen molar-refractivity contribution in [2.75, 3.05) is 12.4 Å². The number of hydrogen-bond acceptors (Lipinski definition) is 4. The van der Waals surface area contributed by atoms with Gasteiger partial charge in [0.15, 0.2) is 5.78 Å². The van der Waals surface area contributed by atoms with Crippen LogP contribution in [-0.2, 0) is 9.59 Å². The largest absolute Gasteiger partial charge is 0.495 e. The summed E-state index contributed by atoms with van der Waals surface area (Å²) in [5, 5.41) is 6.92. The Hall–Kier alpha value is -3.05. The highest BCUT2D eigenvalue weighted by Gasteiger charge is 2.42. The molecule has 1 aliphatic carbocycles. The van der Waals surface area contributed by atoms with Crippen molar-refractivity contribution in [1.82, 2.24) is 5.32 Å². The molecular weight excluding hydrogens is 424 g/mol. The Morgan fingerprint density at radius 2 is 1.91 bits per heavy atom. The number of carbonyl (C=O) groups excluding carboxylic acids is 2. The van der Waals surface area contributed by atoms with Crippen LogP contribution in [0.3, 0.4) is 0 Å². The highest BCUT2D eigenvalue weighted by Crippen LogP contribution is 2.47. The molecule has 2 aromatic rings. The van der Waals surface area contributed by atoms with E-state index in [9.17, 15) is 9.59 Å². The first-order chi connectivity index (χ1) is 15.2. The molecule has 0 saturated heterocycles. The van der Waals surface area contributed by atoms with E-state index in [0.29, 0.717) is 34.0 Å². The first-order valence-electron chi connectivity index (χ1n) is 10.6. The maximum absolute atomic E-state index is 13.6. The molecule has 1 unspecified atom stereocenters. The number of methoxy groups -OCH3 is 1. The number of hydrogen-bond donors (Lipinski definition) is 2. The number of dihydropyridines is 1. The fourth-order valence-corrected chi connectivity index (χ4v) is 4.89. The number of allylic oxidation sites excluding steroid dienone is 3. The van der Waals surface area contributed by atoms with Crippen LogP contribution in [0.25, 0.3) is 0 Å². The van der Waals surface area contributed by atoms with Crippen LogP contribution in [0.4, 0.5) is 5.69 Å². The molecule has 0 bridgehead atoms. The number of amides is 1. The number of carbonyl (C=O) groups is 2. The SMILES string of the molecule is COc1ccccc1NC(=O)C1=C(C)NC2=C(C(=O)CC(C)(C)C2)C1c1cccc(Cl)c1. The Bertz CT molecular complexity index is 1160. The number of rotatable bonds is 4. The van der Waals surface area contributed by atoms with Gasteiger partial charge in [0.05, 0.1) is 12.8 Å². The lowest BCUT2D eigenvalue weighted by Crippen LogP contribution is -2.39. The predicted octanol–water partition coefficient (Wildman–Crippen LogP) is 5.59. The molecule has 0 aromatic heterocycles. The Balaban J connectivity index is 1.82. The number of ketones is 1. The third kappa shape index (κ3) is 4.17. The summed E-state index contributed by atoms with van der Waals surface area (Å²) < 4.78 is 5.39. The lowest BCUT2D eigenvalue weighted by atomic mass is 9.68. The second kappa shape index (κ2) is 8.47. The van der Waals surface area contributed by atoms with Crippen LogP contribution in [-0.4, -0.2) is 18.8 Å². The van der Waals surface area contributed by atoms with E-state index in [2.05, 4.69) is 24.5 Å². The fraction of sp³-hybridized carbons (Fsp3) is 0.308. The summed E-state index contributed by atoms with van der Waals surface area (Å²) in [5.41, 5.74) is 4.03. The van der Waals surface area contributed by atoms with Gasteiger partial charge < -0.3 is 15.4 Å². The standard InChI is InChI=1S/C26H27ClN2O3/c1-15-22(25(31)29-18-10-5-6-11-21(18)32-4)23(16-8-7-9-17(27)12-16)24-19(28-15)13-26(2,3)14-20(24)30/h5-12,23,28H,13-14H2,1-4H3,(H,29,31). The number of para-hydroxylation sites is 2. The topological polar surface area (TPSA) is 67.4 Å². The number of benzene rings is 2. The number of anilines is 1. The minimum atomic E-state index is -0.497. The summed E-state index contributed by atoms with van der Waals surface area (Å²) in [5.74, 6) is -0.154. The molecule has 32 heavy (non-hydrogen) atoms. The van der Waals surface area contributed by atoms with Gasteiger partial charge in [-0.15, -0.1) is 0 Å². The first-order valence-corrected chi connectivity index (χ1v) is 11.0. The normalized spacial score (nSPS) is 19.9. The van der Waals surface area contributed by atoms with Gasteiger partial charge >= 0.3 is 0 Å². The quantitative estimate of drug-likeness (QED) is 0.637. The molecule has 166 valence electrons. The average molecular weight is 451 g/mol. The van der Waals surface area contributed by atoms with Crippen molar-refractivity contribution in [3.8, 4) is 5.75 Å². The summed E-state index contributed by atoms with van der Waals surface area (Å²) in [6.07, 6.45) is 1.18. The van der Waals surface area contributed by atoms with Gasteiger partial charge in [0.1, 0.15) is 5.75 Å². The zero-order valence-electron chi connectivity index (χ0n) is 18.7. The van der Waals surface area contributed by atoms with Crippen molar-refractivity contribution < 1.29 is 14.3 Å². The third-order valence-corrected chi connectivity index (χ3v) is 6.26. The third-order valence-electron chi connectivity index (χ3n) is 6.02.